The van der Waals surface area contributed by atoms with Crippen molar-refractivity contribution in [1.29, 1.82) is 0 Å². The predicted molar refractivity (Wildman–Crippen MR) is 57.0 cm³/mol. The van der Waals surface area contributed by atoms with Crippen molar-refractivity contribution in [2.24, 2.45) is 5.92 Å². The molecule has 0 bridgehead atoms. The zero-order chi connectivity index (χ0) is 11.5. The summed E-state index contributed by atoms with van der Waals surface area (Å²) >= 11 is 0. The topological polar surface area (TPSA) is 63.6 Å². The summed E-state index contributed by atoms with van der Waals surface area (Å²) in [7, 11) is 0. The number of carbonyl (C=O) groups is 2. The van der Waals surface area contributed by atoms with E-state index < -0.39 is 5.97 Å². The zero-order valence-corrected chi connectivity index (χ0v) is 8.68. The van der Waals surface area contributed by atoms with Gasteiger partial charge in [0.05, 0.1) is 17.7 Å². The average molecular weight is 220 g/mol. The summed E-state index contributed by atoms with van der Waals surface area (Å²) in [5, 5.41) is 8.77. The van der Waals surface area contributed by atoms with Crippen molar-refractivity contribution in [3.8, 4) is 5.75 Å². The monoisotopic (exact) mass is 220 g/mol. The first-order chi connectivity index (χ1) is 7.70. The molecule has 0 atom stereocenters. The fraction of sp³-hybridized carbons (Fsp3) is 0.333. The summed E-state index contributed by atoms with van der Waals surface area (Å²) in [6.07, 6.45) is 2.96. The van der Waals surface area contributed by atoms with Crippen LogP contribution in [0, 0.1) is 5.92 Å². The quantitative estimate of drug-likeness (QED) is 0.771. The lowest BCUT2D eigenvalue weighted by atomic mass is 10.1. The summed E-state index contributed by atoms with van der Waals surface area (Å²) in [6, 6.07) is 4.31. The Morgan fingerprint density at radius 3 is 2.81 bits per heavy atom. The molecule has 0 heterocycles. The van der Waals surface area contributed by atoms with Gasteiger partial charge in [-0.15, -0.1) is 0 Å². The van der Waals surface area contributed by atoms with Crippen LogP contribution in [0.4, 0.5) is 0 Å². The van der Waals surface area contributed by atoms with E-state index in [0.717, 1.165) is 0 Å². The summed E-state index contributed by atoms with van der Waals surface area (Å²) in [5.41, 5.74) is 0.390. The van der Waals surface area contributed by atoms with Crippen LogP contribution in [0.5, 0.6) is 5.75 Å². The third kappa shape index (κ3) is 2.39. The van der Waals surface area contributed by atoms with Crippen molar-refractivity contribution in [2.75, 3.05) is 6.61 Å². The fourth-order valence-electron chi connectivity index (χ4n) is 1.40. The highest BCUT2D eigenvalue weighted by Crippen LogP contribution is 2.30. The molecular weight excluding hydrogens is 208 g/mol. The van der Waals surface area contributed by atoms with Crippen LogP contribution in [0.3, 0.4) is 0 Å². The van der Waals surface area contributed by atoms with Crippen molar-refractivity contribution in [1.82, 2.24) is 0 Å². The van der Waals surface area contributed by atoms with Crippen molar-refractivity contribution >= 4 is 12.3 Å². The molecule has 84 valence electrons. The van der Waals surface area contributed by atoms with E-state index in [1.165, 1.54) is 31.0 Å². The molecule has 0 aromatic heterocycles. The summed E-state index contributed by atoms with van der Waals surface area (Å²) in [5.74, 6) is 0.0161. The molecule has 0 amide bonds. The molecule has 0 spiro atoms. The zero-order valence-electron chi connectivity index (χ0n) is 8.68. The van der Waals surface area contributed by atoms with Crippen LogP contribution in [0.1, 0.15) is 33.6 Å². The lowest BCUT2D eigenvalue weighted by Crippen LogP contribution is -2.03. The maximum atomic E-state index is 10.8. The number of benzene rings is 1. The molecule has 0 unspecified atom stereocenters. The van der Waals surface area contributed by atoms with E-state index in [-0.39, 0.29) is 5.56 Å². The van der Waals surface area contributed by atoms with E-state index in [0.29, 0.717) is 30.1 Å². The summed E-state index contributed by atoms with van der Waals surface area (Å²) < 4.78 is 5.46. The molecule has 1 aliphatic carbocycles. The predicted octanol–water partition coefficient (Wildman–Crippen LogP) is 1.99. The van der Waals surface area contributed by atoms with E-state index in [2.05, 4.69) is 0 Å². The molecule has 0 radical (unpaired) electrons. The molecule has 1 N–H and O–H groups in total. The third-order valence-corrected chi connectivity index (χ3v) is 2.56. The van der Waals surface area contributed by atoms with Crippen molar-refractivity contribution < 1.29 is 19.4 Å². The number of rotatable bonds is 5. The average Bonchev–Trinajstić information content (AvgIpc) is 3.09. The first kappa shape index (κ1) is 10.7. The van der Waals surface area contributed by atoms with Gasteiger partial charge >= 0.3 is 5.97 Å². The van der Waals surface area contributed by atoms with E-state index in [4.69, 9.17) is 9.84 Å². The van der Waals surface area contributed by atoms with Gasteiger partial charge in [0.15, 0.2) is 6.29 Å². The maximum Gasteiger partial charge on any atom is 0.335 e. The van der Waals surface area contributed by atoms with Gasteiger partial charge in [0.25, 0.3) is 0 Å². The van der Waals surface area contributed by atoms with Crippen molar-refractivity contribution in [3.63, 3.8) is 0 Å². The van der Waals surface area contributed by atoms with Gasteiger partial charge in [-0.3, -0.25) is 4.79 Å². The van der Waals surface area contributed by atoms with Gasteiger partial charge in [-0.1, -0.05) is 0 Å². The molecule has 1 aromatic rings. The first-order valence-electron chi connectivity index (χ1n) is 5.16. The van der Waals surface area contributed by atoms with Crippen molar-refractivity contribution in [2.45, 2.75) is 12.8 Å². The second kappa shape index (κ2) is 4.35. The number of aromatic carboxylic acids is 1. The Morgan fingerprint density at radius 2 is 2.25 bits per heavy atom. The minimum atomic E-state index is -1.04. The molecule has 16 heavy (non-hydrogen) atoms. The van der Waals surface area contributed by atoms with Gasteiger partial charge in [-0.05, 0) is 37.0 Å². The van der Waals surface area contributed by atoms with E-state index in [9.17, 15) is 9.59 Å². The van der Waals surface area contributed by atoms with Crippen LogP contribution < -0.4 is 4.74 Å². The van der Waals surface area contributed by atoms with Crippen LogP contribution in [0.15, 0.2) is 18.2 Å². The Hall–Kier alpha value is -1.84. The first-order valence-corrected chi connectivity index (χ1v) is 5.16. The highest BCUT2D eigenvalue weighted by atomic mass is 16.5. The molecule has 1 saturated carbocycles. The van der Waals surface area contributed by atoms with Gasteiger partial charge in [0, 0.05) is 0 Å². The molecular formula is C12H12O4. The van der Waals surface area contributed by atoms with E-state index >= 15 is 0 Å². The van der Waals surface area contributed by atoms with Gasteiger partial charge in [-0.2, -0.15) is 0 Å². The number of aldehydes is 1. The van der Waals surface area contributed by atoms with Gasteiger partial charge in [0.2, 0.25) is 0 Å². The molecule has 1 fully saturated rings. The van der Waals surface area contributed by atoms with Gasteiger partial charge in [-0.25, -0.2) is 4.79 Å². The minimum Gasteiger partial charge on any atom is -0.493 e. The normalized spacial score (nSPS) is 14.5. The molecule has 1 aliphatic rings. The Kier molecular flexibility index (Phi) is 2.90. The summed E-state index contributed by atoms with van der Waals surface area (Å²) in [6.45, 7) is 0.604. The van der Waals surface area contributed by atoms with E-state index in [1.807, 2.05) is 0 Å². The largest absolute Gasteiger partial charge is 0.493 e. The standard InChI is InChI=1S/C12H12O4/c13-6-10-5-9(12(14)15)3-4-11(10)16-7-8-1-2-8/h3-6,8H,1-2,7H2,(H,14,15). The molecule has 1 aromatic carbocycles. The number of carboxylic acid groups (broad SMARTS) is 1. The van der Waals surface area contributed by atoms with E-state index in [1.54, 1.807) is 0 Å². The molecule has 0 saturated heterocycles. The third-order valence-electron chi connectivity index (χ3n) is 2.56. The molecule has 4 nitrogen and oxygen atoms in total. The fourth-order valence-corrected chi connectivity index (χ4v) is 1.40. The van der Waals surface area contributed by atoms with Gasteiger partial charge < -0.3 is 9.84 Å². The Balaban J connectivity index is 2.16. The SMILES string of the molecule is O=Cc1cc(C(=O)O)ccc1OCC1CC1. The van der Waals surface area contributed by atoms with Crippen LogP contribution in [-0.4, -0.2) is 24.0 Å². The lowest BCUT2D eigenvalue weighted by molar-refractivity contribution is 0.0697. The molecule has 2 rings (SSSR count). The lowest BCUT2D eigenvalue weighted by Gasteiger charge is -2.08. The number of hydrogen-bond donors (Lipinski definition) is 1. The minimum absolute atomic E-state index is 0.0980. The second-order valence-electron chi connectivity index (χ2n) is 3.93. The van der Waals surface area contributed by atoms with Gasteiger partial charge in [0.1, 0.15) is 5.75 Å². The Morgan fingerprint density at radius 1 is 1.50 bits per heavy atom. The van der Waals surface area contributed by atoms with Crippen molar-refractivity contribution in [3.05, 3.63) is 29.3 Å². The second-order valence-corrected chi connectivity index (χ2v) is 3.93. The maximum absolute atomic E-state index is 10.8. The highest BCUT2D eigenvalue weighted by Gasteiger charge is 2.22. The van der Waals surface area contributed by atoms with Crippen LogP contribution in [0.2, 0.25) is 0 Å². The van der Waals surface area contributed by atoms with Crippen LogP contribution in [0.25, 0.3) is 0 Å². The number of hydrogen-bond acceptors (Lipinski definition) is 3. The Labute approximate surface area is 92.8 Å². The highest BCUT2D eigenvalue weighted by molar-refractivity contribution is 5.91. The van der Waals surface area contributed by atoms with Crippen LogP contribution in [-0.2, 0) is 0 Å². The summed E-state index contributed by atoms with van der Waals surface area (Å²) in [4.78, 5) is 21.5. The molecule has 0 aliphatic heterocycles. The number of carbonyl (C=O) groups excluding carboxylic acids is 1. The molecule has 4 heteroatoms. The van der Waals surface area contributed by atoms with Crippen LogP contribution >= 0.6 is 0 Å². The number of ether oxygens (including phenoxy) is 1. The number of carboxylic acids is 1. The Bertz CT molecular complexity index is 421. The smallest absolute Gasteiger partial charge is 0.335 e.